The topological polar surface area (TPSA) is 125 Å². The highest BCUT2D eigenvalue weighted by Gasteiger charge is 2.28. The predicted octanol–water partition coefficient (Wildman–Crippen LogP) is 1.46. The number of benzene rings is 2. The number of nitrogens with two attached hydrogens (primary N) is 1. The van der Waals surface area contributed by atoms with Crippen LogP contribution in [0.15, 0.2) is 60.7 Å². The molecule has 0 saturated heterocycles. The molecule has 0 saturated carbocycles. The Balaban J connectivity index is 1.68. The number of hydrogen-bond acceptors (Lipinski definition) is 5. The van der Waals surface area contributed by atoms with Gasteiger partial charge in [0.1, 0.15) is 11.7 Å². The van der Waals surface area contributed by atoms with Crippen molar-refractivity contribution in [3.05, 3.63) is 77.6 Å². The van der Waals surface area contributed by atoms with Crippen LogP contribution in [0.25, 0.3) is 17.0 Å². The van der Waals surface area contributed by atoms with E-state index >= 15 is 0 Å². The molecule has 162 valence electrons. The fourth-order valence-electron chi connectivity index (χ4n) is 3.60. The summed E-state index contributed by atoms with van der Waals surface area (Å²) in [5, 5.41) is 7.08. The van der Waals surface area contributed by atoms with E-state index in [2.05, 4.69) is 15.4 Å². The second-order valence-electron chi connectivity index (χ2n) is 7.49. The van der Waals surface area contributed by atoms with Crippen LogP contribution in [0.1, 0.15) is 21.7 Å². The maximum Gasteiger partial charge on any atom is 0.287 e. The normalized spacial score (nSPS) is 11.9. The summed E-state index contributed by atoms with van der Waals surface area (Å²) in [5.74, 6) is -2.09. The molecule has 0 aliphatic heterocycles. The second kappa shape index (κ2) is 8.46. The van der Waals surface area contributed by atoms with Crippen LogP contribution in [0.5, 0.6) is 0 Å². The van der Waals surface area contributed by atoms with Crippen LogP contribution in [0, 0.1) is 6.92 Å². The van der Waals surface area contributed by atoms with Crippen molar-refractivity contribution in [3.8, 4) is 5.95 Å². The highest BCUT2D eigenvalue weighted by atomic mass is 16.2. The maximum atomic E-state index is 13.2. The average Bonchev–Trinajstić information content (AvgIpc) is 3.33. The number of aromatic nitrogens is 4. The van der Waals surface area contributed by atoms with Gasteiger partial charge in [0.05, 0.1) is 16.7 Å². The summed E-state index contributed by atoms with van der Waals surface area (Å²) in [7, 11) is 1.83. The van der Waals surface area contributed by atoms with Gasteiger partial charge >= 0.3 is 0 Å². The van der Waals surface area contributed by atoms with Gasteiger partial charge in [-0.2, -0.15) is 9.78 Å². The van der Waals surface area contributed by atoms with Gasteiger partial charge in [0, 0.05) is 13.5 Å². The molecule has 2 aromatic carbocycles. The molecular formula is C23H22N6O3. The molecule has 3 N–H and O–H groups in total. The Hall–Kier alpha value is -4.27. The first-order valence-corrected chi connectivity index (χ1v) is 10.0. The number of carbonyl (C=O) groups is 3. The van der Waals surface area contributed by atoms with Gasteiger partial charge in [-0.25, -0.2) is 4.98 Å². The SMILES string of the molecule is Cc1cc(C(=O)N[C@@H](Cc2ccccc2)C(=O)C(N)=O)n(-c2nc3ccccc3n2C)n1. The van der Waals surface area contributed by atoms with E-state index in [1.807, 2.05) is 54.1 Å². The van der Waals surface area contributed by atoms with Crippen LogP contribution in [-0.4, -0.2) is 43.0 Å². The third-order valence-corrected chi connectivity index (χ3v) is 5.16. The van der Waals surface area contributed by atoms with Gasteiger partial charge in [0.15, 0.2) is 0 Å². The highest BCUT2D eigenvalue weighted by Crippen LogP contribution is 2.19. The molecule has 0 aliphatic carbocycles. The number of nitrogens with zero attached hydrogens (tertiary/aromatic N) is 4. The number of ketones is 1. The highest BCUT2D eigenvalue weighted by molar-refractivity contribution is 6.38. The van der Waals surface area contributed by atoms with Crippen LogP contribution in [-0.2, 0) is 23.1 Å². The molecule has 0 aliphatic rings. The monoisotopic (exact) mass is 430 g/mol. The summed E-state index contributed by atoms with van der Waals surface area (Å²) < 4.78 is 3.26. The summed E-state index contributed by atoms with van der Waals surface area (Å²) in [4.78, 5) is 41.8. The van der Waals surface area contributed by atoms with Crippen molar-refractivity contribution in [3.63, 3.8) is 0 Å². The van der Waals surface area contributed by atoms with E-state index < -0.39 is 23.6 Å². The fraction of sp³-hybridized carbons (Fsp3) is 0.174. The quantitative estimate of drug-likeness (QED) is 0.430. The molecular weight excluding hydrogens is 408 g/mol. The van der Waals surface area contributed by atoms with Gasteiger partial charge in [0.25, 0.3) is 11.8 Å². The minimum Gasteiger partial charge on any atom is -0.363 e. The lowest BCUT2D eigenvalue weighted by atomic mass is 10.0. The standard InChI is InChI=1S/C23H22N6O3/c1-14-12-19(29(27-14)23-26-16-10-6-7-11-18(16)28(23)2)22(32)25-17(20(30)21(24)31)13-15-8-4-3-5-9-15/h3-12,17H,13H2,1-2H3,(H2,24,31)(H,25,32)/t17-/m0/s1. The van der Waals surface area contributed by atoms with E-state index in [9.17, 15) is 14.4 Å². The zero-order valence-corrected chi connectivity index (χ0v) is 17.6. The van der Waals surface area contributed by atoms with Crippen molar-refractivity contribution in [1.82, 2.24) is 24.6 Å². The van der Waals surface area contributed by atoms with Crippen LogP contribution < -0.4 is 11.1 Å². The van der Waals surface area contributed by atoms with Crippen molar-refractivity contribution in [2.45, 2.75) is 19.4 Å². The molecule has 32 heavy (non-hydrogen) atoms. The van der Waals surface area contributed by atoms with Crippen molar-refractivity contribution in [2.24, 2.45) is 12.8 Å². The Morgan fingerprint density at radius 3 is 2.44 bits per heavy atom. The van der Waals surface area contributed by atoms with E-state index in [0.717, 1.165) is 16.6 Å². The molecule has 4 aromatic rings. The largest absolute Gasteiger partial charge is 0.363 e. The Morgan fingerprint density at radius 1 is 1.06 bits per heavy atom. The van der Waals surface area contributed by atoms with Gasteiger partial charge in [0.2, 0.25) is 11.7 Å². The van der Waals surface area contributed by atoms with Crippen molar-refractivity contribution < 1.29 is 14.4 Å². The molecule has 0 fully saturated rings. The first-order valence-electron chi connectivity index (χ1n) is 10.0. The zero-order chi connectivity index (χ0) is 22.8. The summed E-state index contributed by atoms with van der Waals surface area (Å²) in [5.41, 5.74) is 8.44. The number of fused-ring (bicyclic) bond motifs is 1. The maximum absolute atomic E-state index is 13.2. The van der Waals surface area contributed by atoms with E-state index in [1.165, 1.54) is 4.68 Å². The third-order valence-electron chi connectivity index (χ3n) is 5.16. The lowest BCUT2D eigenvalue weighted by Crippen LogP contribution is -2.47. The third kappa shape index (κ3) is 4.00. The summed E-state index contributed by atoms with van der Waals surface area (Å²) in [6, 6.07) is 17.1. The van der Waals surface area contributed by atoms with Crippen LogP contribution >= 0.6 is 0 Å². The van der Waals surface area contributed by atoms with Crippen molar-refractivity contribution >= 4 is 28.6 Å². The molecule has 9 heteroatoms. The minimum absolute atomic E-state index is 0.133. The fourth-order valence-corrected chi connectivity index (χ4v) is 3.60. The number of imidazole rings is 1. The number of rotatable bonds is 7. The Labute approximate surface area is 183 Å². The first kappa shape index (κ1) is 21.0. The lowest BCUT2D eigenvalue weighted by molar-refractivity contribution is -0.137. The number of primary amides is 1. The molecule has 0 unspecified atom stereocenters. The molecule has 9 nitrogen and oxygen atoms in total. The first-order chi connectivity index (χ1) is 15.3. The van der Waals surface area contributed by atoms with E-state index in [-0.39, 0.29) is 12.1 Å². The predicted molar refractivity (Wildman–Crippen MR) is 118 cm³/mol. The molecule has 2 amide bonds. The Morgan fingerprint density at radius 2 is 1.75 bits per heavy atom. The molecule has 2 aromatic heterocycles. The smallest absolute Gasteiger partial charge is 0.287 e. The van der Waals surface area contributed by atoms with Crippen LogP contribution in [0.3, 0.4) is 0 Å². The second-order valence-corrected chi connectivity index (χ2v) is 7.49. The Bertz CT molecular complexity index is 1320. The van der Waals surface area contributed by atoms with Gasteiger partial charge in [-0.3, -0.25) is 14.4 Å². The molecule has 0 spiro atoms. The number of aryl methyl sites for hydroxylation is 2. The van der Waals surface area contributed by atoms with Gasteiger partial charge in [-0.15, -0.1) is 0 Å². The molecule has 0 bridgehead atoms. The zero-order valence-electron chi connectivity index (χ0n) is 17.6. The Kier molecular flexibility index (Phi) is 5.55. The van der Waals surface area contributed by atoms with Crippen LogP contribution in [0.2, 0.25) is 0 Å². The number of para-hydroxylation sites is 2. The number of Topliss-reactive ketones (excluding diaryl/α,β-unsaturated/α-hetero) is 1. The van der Waals surface area contributed by atoms with Gasteiger partial charge in [-0.05, 0) is 30.7 Å². The number of amides is 2. The van der Waals surface area contributed by atoms with Crippen LogP contribution in [0.4, 0.5) is 0 Å². The van der Waals surface area contributed by atoms with Crippen molar-refractivity contribution in [1.29, 1.82) is 0 Å². The van der Waals surface area contributed by atoms with Crippen molar-refractivity contribution in [2.75, 3.05) is 0 Å². The summed E-state index contributed by atoms with van der Waals surface area (Å²) in [6.07, 6.45) is 0.133. The lowest BCUT2D eigenvalue weighted by Gasteiger charge is -2.17. The summed E-state index contributed by atoms with van der Waals surface area (Å²) >= 11 is 0. The van der Waals surface area contributed by atoms with E-state index in [4.69, 9.17) is 5.73 Å². The molecule has 2 heterocycles. The number of hydrogen-bond donors (Lipinski definition) is 2. The van der Waals surface area contributed by atoms with Gasteiger partial charge < -0.3 is 15.6 Å². The molecule has 1 atom stereocenters. The number of carbonyl (C=O) groups excluding carboxylic acids is 3. The minimum atomic E-state index is -1.11. The van der Waals surface area contributed by atoms with E-state index in [0.29, 0.717) is 11.6 Å². The average molecular weight is 430 g/mol. The van der Waals surface area contributed by atoms with E-state index in [1.54, 1.807) is 25.1 Å². The summed E-state index contributed by atoms with van der Waals surface area (Å²) in [6.45, 7) is 1.76. The molecule has 4 rings (SSSR count). The number of nitrogens with one attached hydrogen (secondary N) is 1. The molecule has 0 radical (unpaired) electrons. The van der Waals surface area contributed by atoms with Gasteiger partial charge in [-0.1, -0.05) is 42.5 Å².